The highest BCUT2D eigenvalue weighted by Crippen LogP contribution is 2.30. The molecule has 1 aliphatic carbocycles. The van der Waals surface area contributed by atoms with Crippen LogP contribution in [0.5, 0.6) is 0 Å². The van der Waals surface area contributed by atoms with Crippen molar-refractivity contribution in [3.8, 4) is 0 Å². The summed E-state index contributed by atoms with van der Waals surface area (Å²) < 4.78 is 9.90. The first kappa shape index (κ1) is 11.2. The van der Waals surface area contributed by atoms with Gasteiger partial charge in [-0.2, -0.15) is 0 Å². The Kier molecular flexibility index (Phi) is 2.73. The molecular formula is C10H10ClNO4. The smallest absolute Gasteiger partial charge is 0.415 e. The highest BCUT2D eigenvalue weighted by Gasteiger charge is 2.37. The normalized spacial score (nSPS) is 33.4. The van der Waals surface area contributed by atoms with Gasteiger partial charge in [-0.1, -0.05) is 17.7 Å². The first-order chi connectivity index (χ1) is 7.54. The van der Waals surface area contributed by atoms with E-state index in [1.54, 1.807) is 18.2 Å². The number of amides is 2. The predicted octanol–water partition coefficient (Wildman–Crippen LogP) is 1.09. The van der Waals surface area contributed by atoms with Crippen molar-refractivity contribution in [1.82, 2.24) is 5.32 Å². The molecule has 1 heterocycles. The maximum atomic E-state index is 11.4. The summed E-state index contributed by atoms with van der Waals surface area (Å²) in [7, 11) is 1.46. The maximum absolute atomic E-state index is 11.4. The summed E-state index contributed by atoms with van der Waals surface area (Å²) in [6.07, 6.45) is 3.90. The molecule has 0 aromatic heterocycles. The summed E-state index contributed by atoms with van der Waals surface area (Å²) >= 11 is 6.06. The van der Waals surface area contributed by atoms with Crippen molar-refractivity contribution in [3.63, 3.8) is 0 Å². The van der Waals surface area contributed by atoms with Crippen LogP contribution in [0.25, 0.3) is 0 Å². The molecule has 1 aliphatic heterocycles. The quantitative estimate of drug-likeness (QED) is 0.582. The second-order valence-electron chi connectivity index (χ2n) is 3.50. The molecule has 0 bridgehead atoms. The summed E-state index contributed by atoms with van der Waals surface area (Å²) in [5.74, 6) is -0.471. The molecular weight excluding hydrogens is 234 g/mol. The van der Waals surface area contributed by atoms with Gasteiger partial charge in [-0.25, -0.2) is 4.79 Å². The fraction of sp³-hybridized carbons (Fsp3) is 0.400. The van der Waals surface area contributed by atoms with Crippen molar-refractivity contribution in [1.29, 1.82) is 0 Å². The van der Waals surface area contributed by atoms with E-state index < -0.39 is 23.2 Å². The van der Waals surface area contributed by atoms with Crippen LogP contribution in [0.2, 0.25) is 0 Å². The highest BCUT2D eigenvalue weighted by molar-refractivity contribution is 6.25. The number of alkyl halides is 1. The van der Waals surface area contributed by atoms with Crippen molar-refractivity contribution in [3.05, 3.63) is 23.8 Å². The molecule has 5 nitrogen and oxygen atoms in total. The predicted molar refractivity (Wildman–Crippen MR) is 55.8 cm³/mol. The molecule has 2 aliphatic rings. The standard InChI is InChI=1S/C10H10ClNO4/c1-15-10(11)4-2-3-6(5-10)7-8(13)12-9(14)16-7/h2,4-5,7H,3H2,1H3,(H,12,13,14). The lowest BCUT2D eigenvalue weighted by atomic mass is 9.98. The number of halogens is 1. The first-order valence-electron chi connectivity index (χ1n) is 4.69. The third kappa shape index (κ3) is 1.96. The lowest BCUT2D eigenvalue weighted by Crippen LogP contribution is -2.29. The van der Waals surface area contributed by atoms with E-state index in [1.165, 1.54) is 7.11 Å². The Labute approximate surface area is 97.0 Å². The van der Waals surface area contributed by atoms with Gasteiger partial charge in [0.1, 0.15) is 0 Å². The van der Waals surface area contributed by atoms with Gasteiger partial charge in [0.2, 0.25) is 6.10 Å². The molecule has 0 aromatic rings. The number of nitrogens with one attached hydrogen (secondary N) is 1. The van der Waals surface area contributed by atoms with Crippen LogP contribution >= 0.6 is 11.6 Å². The molecule has 0 saturated carbocycles. The van der Waals surface area contributed by atoms with Gasteiger partial charge in [0.25, 0.3) is 5.91 Å². The largest absolute Gasteiger partial charge is 0.431 e. The fourth-order valence-corrected chi connectivity index (χ4v) is 1.85. The summed E-state index contributed by atoms with van der Waals surface area (Å²) in [5, 5.41) is 0.994. The third-order valence-electron chi connectivity index (χ3n) is 2.42. The Morgan fingerprint density at radius 1 is 1.62 bits per heavy atom. The van der Waals surface area contributed by atoms with Crippen LogP contribution in [-0.4, -0.2) is 30.3 Å². The number of carbonyl (C=O) groups is 2. The van der Waals surface area contributed by atoms with Crippen LogP contribution in [0.3, 0.4) is 0 Å². The van der Waals surface area contributed by atoms with Gasteiger partial charge in [-0.15, -0.1) is 0 Å². The van der Waals surface area contributed by atoms with E-state index in [0.29, 0.717) is 12.0 Å². The number of hydrogen-bond donors (Lipinski definition) is 1. The number of alkyl carbamates (subject to hydrolysis) is 1. The number of imide groups is 1. The van der Waals surface area contributed by atoms with E-state index in [2.05, 4.69) is 5.32 Å². The molecule has 2 unspecified atom stereocenters. The van der Waals surface area contributed by atoms with Crippen LogP contribution in [-0.2, 0) is 14.3 Å². The third-order valence-corrected chi connectivity index (χ3v) is 2.81. The van der Waals surface area contributed by atoms with E-state index in [1.807, 2.05) is 0 Å². The molecule has 86 valence electrons. The average Bonchev–Trinajstić information content (AvgIpc) is 2.58. The Hall–Kier alpha value is -1.33. The molecule has 0 aromatic carbocycles. The minimum atomic E-state index is -1.07. The zero-order chi connectivity index (χ0) is 11.8. The van der Waals surface area contributed by atoms with Crippen molar-refractivity contribution in [2.75, 3.05) is 7.11 Å². The Morgan fingerprint density at radius 2 is 2.38 bits per heavy atom. The van der Waals surface area contributed by atoms with Gasteiger partial charge in [0, 0.05) is 7.11 Å². The first-order valence-corrected chi connectivity index (χ1v) is 5.07. The Morgan fingerprint density at radius 3 is 2.94 bits per heavy atom. The monoisotopic (exact) mass is 243 g/mol. The SMILES string of the molecule is COC1(Cl)C=CCC(C2OC(=O)NC2=O)=C1. The zero-order valence-electron chi connectivity index (χ0n) is 8.53. The molecule has 2 amide bonds. The molecule has 0 radical (unpaired) electrons. The molecule has 16 heavy (non-hydrogen) atoms. The summed E-state index contributed by atoms with van der Waals surface area (Å²) in [6.45, 7) is 0. The molecule has 2 rings (SSSR count). The number of carbonyl (C=O) groups excluding carboxylic acids is 2. The topological polar surface area (TPSA) is 64.6 Å². The van der Waals surface area contributed by atoms with Crippen LogP contribution in [0.15, 0.2) is 23.8 Å². The molecule has 1 fully saturated rings. The van der Waals surface area contributed by atoms with Crippen LogP contribution in [0, 0.1) is 0 Å². The number of cyclic esters (lactones) is 1. The van der Waals surface area contributed by atoms with Crippen LogP contribution < -0.4 is 5.32 Å². The van der Waals surface area contributed by atoms with E-state index in [9.17, 15) is 9.59 Å². The minimum absolute atomic E-state index is 0.471. The lowest BCUT2D eigenvalue weighted by Gasteiger charge is -2.24. The van der Waals surface area contributed by atoms with Gasteiger partial charge >= 0.3 is 6.09 Å². The lowest BCUT2D eigenvalue weighted by molar-refractivity contribution is -0.122. The van der Waals surface area contributed by atoms with Crippen molar-refractivity contribution in [2.24, 2.45) is 0 Å². The Balaban J connectivity index is 2.22. The summed E-state index contributed by atoms with van der Waals surface area (Å²) in [5.41, 5.74) is 0.614. The van der Waals surface area contributed by atoms with Gasteiger partial charge in [0.15, 0.2) is 5.06 Å². The number of rotatable bonds is 2. The average molecular weight is 244 g/mol. The van der Waals surface area contributed by atoms with Crippen LogP contribution in [0.4, 0.5) is 4.79 Å². The van der Waals surface area contributed by atoms with E-state index >= 15 is 0 Å². The van der Waals surface area contributed by atoms with Crippen molar-refractivity contribution >= 4 is 23.6 Å². The molecule has 1 N–H and O–H groups in total. The zero-order valence-corrected chi connectivity index (χ0v) is 9.28. The van der Waals surface area contributed by atoms with E-state index in [0.717, 1.165) is 0 Å². The van der Waals surface area contributed by atoms with Gasteiger partial charge in [-0.3, -0.25) is 10.1 Å². The van der Waals surface area contributed by atoms with E-state index in [-0.39, 0.29) is 0 Å². The van der Waals surface area contributed by atoms with Crippen molar-refractivity contribution < 1.29 is 19.1 Å². The van der Waals surface area contributed by atoms with Gasteiger partial charge in [-0.05, 0) is 24.1 Å². The summed E-state index contributed by atoms with van der Waals surface area (Å²) in [6, 6.07) is 0. The molecule has 1 saturated heterocycles. The van der Waals surface area contributed by atoms with Gasteiger partial charge < -0.3 is 9.47 Å². The van der Waals surface area contributed by atoms with Crippen LogP contribution in [0.1, 0.15) is 6.42 Å². The molecule has 6 heteroatoms. The van der Waals surface area contributed by atoms with Crippen molar-refractivity contribution in [2.45, 2.75) is 17.6 Å². The van der Waals surface area contributed by atoms with Gasteiger partial charge in [0.05, 0.1) is 0 Å². The fourth-order valence-electron chi connectivity index (χ4n) is 1.63. The summed E-state index contributed by atoms with van der Waals surface area (Å²) in [4.78, 5) is 22.3. The number of allylic oxidation sites excluding steroid dienone is 1. The highest BCUT2D eigenvalue weighted by atomic mass is 35.5. The molecule has 2 atom stereocenters. The molecule has 0 spiro atoms. The number of ether oxygens (including phenoxy) is 2. The second-order valence-corrected chi connectivity index (χ2v) is 4.09. The Bertz CT molecular complexity index is 404. The minimum Gasteiger partial charge on any atom is -0.431 e. The number of methoxy groups -OCH3 is 1. The number of hydrogen-bond acceptors (Lipinski definition) is 4. The maximum Gasteiger partial charge on any atom is 0.415 e. The van der Waals surface area contributed by atoms with E-state index in [4.69, 9.17) is 21.1 Å². The second kappa shape index (κ2) is 3.92.